The van der Waals surface area contributed by atoms with E-state index in [1.165, 1.54) is 0 Å². The fraction of sp³-hybridized carbons (Fsp3) is 0.545. The Balaban J connectivity index is 2.09. The fourth-order valence-corrected chi connectivity index (χ4v) is 1.92. The molecule has 1 N–H and O–H groups in total. The van der Waals surface area contributed by atoms with Crippen LogP contribution in [-0.2, 0) is 0 Å². The molecule has 1 saturated heterocycles. The van der Waals surface area contributed by atoms with Gasteiger partial charge >= 0.3 is 0 Å². The van der Waals surface area contributed by atoms with Crippen molar-refractivity contribution in [1.82, 2.24) is 4.98 Å². The summed E-state index contributed by atoms with van der Waals surface area (Å²) in [5.74, 6) is 1.05. The van der Waals surface area contributed by atoms with Gasteiger partial charge in [0.05, 0.1) is 7.11 Å². The molecule has 82 valence electrons. The van der Waals surface area contributed by atoms with Crippen LogP contribution in [0.2, 0.25) is 0 Å². The number of aliphatic hydroxyl groups excluding tert-OH is 1. The number of rotatable bonds is 3. The van der Waals surface area contributed by atoms with E-state index >= 15 is 0 Å². The molecule has 0 bridgehead atoms. The molecule has 0 spiro atoms. The van der Waals surface area contributed by atoms with Gasteiger partial charge in [-0.2, -0.15) is 0 Å². The van der Waals surface area contributed by atoms with E-state index < -0.39 is 0 Å². The maximum absolute atomic E-state index is 9.07. The Morgan fingerprint density at radius 2 is 2.53 bits per heavy atom. The van der Waals surface area contributed by atoms with Gasteiger partial charge in [0.15, 0.2) is 0 Å². The van der Waals surface area contributed by atoms with Crippen molar-refractivity contribution in [2.45, 2.75) is 6.42 Å². The number of hydrogen-bond acceptors (Lipinski definition) is 4. The maximum atomic E-state index is 9.07. The second-order valence-corrected chi connectivity index (χ2v) is 3.84. The van der Waals surface area contributed by atoms with Crippen molar-refractivity contribution in [3.63, 3.8) is 0 Å². The van der Waals surface area contributed by atoms with Gasteiger partial charge in [0.25, 0.3) is 0 Å². The molecule has 0 aliphatic carbocycles. The third-order valence-electron chi connectivity index (χ3n) is 2.84. The number of hydrogen-bond donors (Lipinski definition) is 1. The van der Waals surface area contributed by atoms with Crippen LogP contribution in [0.15, 0.2) is 18.3 Å². The smallest absolute Gasteiger partial charge is 0.214 e. The van der Waals surface area contributed by atoms with Crippen LogP contribution < -0.4 is 9.64 Å². The van der Waals surface area contributed by atoms with E-state index in [9.17, 15) is 0 Å². The first-order valence-corrected chi connectivity index (χ1v) is 5.19. The minimum Gasteiger partial charge on any atom is -0.481 e. The number of methoxy groups -OCH3 is 1. The molecule has 1 atom stereocenters. The minimum atomic E-state index is 0.277. The maximum Gasteiger partial charge on any atom is 0.214 e. The van der Waals surface area contributed by atoms with Gasteiger partial charge in [-0.15, -0.1) is 0 Å². The van der Waals surface area contributed by atoms with E-state index in [0.29, 0.717) is 11.8 Å². The van der Waals surface area contributed by atoms with Crippen LogP contribution in [0.4, 0.5) is 5.69 Å². The number of aliphatic hydroxyl groups is 1. The van der Waals surface area contributed by atoms with Crippen LogP contribution in [0.5, 0.6) is 5.88 Å². The van der Waals surface area contributed by atoms with Gasteiger partial charge in [0, 0.05) is 43.6 Å². The highest BCUT2D eigenvalue weighted by Crippen LogP contribution is 2.25. The predicted octanol–water partition coefficient (Wildman–Crippen LogP) is 0.909. The molecule has 2 heterocycles. The fourth-order valence-electron chi connectivity index (χ4n) is 1.92. The topological polar surface area (TPSA) is 45.6 Å². The standard InChI is InChI=1S/C11H16N2O2/c1-15-11-6-10(2-4-12-11)13-5-3-9(7-13)8-14/h2,4,6,9,14H,3,5,7-8H2,1H3. The van der Waals surface area contributed by atoms with Gasteiger partial charge in [-0.1, -0.05) is 0 Å². The molecule has 1 aromatic heterocycles. The molecule has 4 heteroatoms. The molecule has 0 amide bonds. The molecule has 0 saturated carbocycles. The summed E-state index contributed by atoms with van der Waals surface area (Å²) in [6.45, 7) is 2.20. The lowest BCUT2D eigenvalue weighted by atomic mass is 10.1. The third-order valence-corrected chi connectivity index (χ3v) is 2.84. The van der Waals surface area contributed by atoms with Crippen LogP contribution in [0.3, 0.4) is 0 Å². The third kappa shape index (κ3) is 2.21. The zero-order valence-electron chi connectivity index (χ0n) is 8.89. The van der Waals surface area contributed by atoms with Crippen LogP contribution in [0, 0.1) is 5.92 Å². The first kappa shape index (κ1) is 10.2. The Bertz CT molecular complexity index is 330. The van der Waals surface area contributed by atoms with Crippen molar-refractivity contribution in [2.24, 2.45) is 5.92 Å². The normalized spacial score (nSPS) is 20.7. The molecular formula is C11H16N2O2. The largest absolute Gasteiger partial charge is 0.481 e. The first-order chi connectivity index (χ1) is 7.33. The lowest BCUT2D eigenvalue weighted by molar-refractivity contribution is 0.238. The number of aromatic nitrogens is 1. The van der Waals surface area contributed by atoms with E-state index in [0.717, 1.165) is 25.2 Å². The van der Waals surface area contributed by atoms with E-state index in [1.54, 1.807) is 13.3 Å². The summed E-state index contributed by atoms with van der Waals surface area (Å²) >= 11 is 0. The highest BCUT2D eigenvalue weighted by atomic mass is 16.5. The molecule has 1 fully saturated rings. The second-order valence-electron chi connectivity index (χ2n) is 3.84. The van der Waals surface area contributed by atoms with Crippen molar-refractivity contribution in [2.75, 3.05) is 31.7 Å². The van der Waals surface area contributed by atoms with Gasteiger partial charge < -0.3 is 14.7 Å². The molecule has 0 radical (unpaired) electrons. The average Bonchev–Trinajstić information content (AvgIpc) is 2.78. The van der Waals surface area contributed by atoms with Crippen molar-refractivity contribution >= 4 is 5.69 Å². The predicted molar refractivity (Wildman–Crippen MR) is 58.2 cm³/mol. The Morgan fingerprint density at radius 1 is 1.67 bits per heavy atom. The summed E-state index contributed by atoms with van der Waals surface area (Å²) < 4.78 is 5.08. The second kappa shape index (κ2) is 4.49. The molecule has 15 heavy (non-hydrogen) atoms. The van der Waals surface area contributed by atoms with Crippen LogP contribution in [-0.4, -0.2) is 36.9 Å². The summed E-state index contributed by atoms with van der Waals surface area (Å²) in [5.41, 5.74) is 1.12. The average molecular weight is 208 g/mol. The first-order valence-electron chi connectivity index (χ1n) is 5.19. The van der Waals surface area contributed by atoms with Gasteiger partial charge in [0.1, 0.15) is 0 Å². The number of ether oxygens (including phenoxy) is 1. The molecule has 0 aromatic carbocycles. The molecular weight excluding hydrogens is 192 g/mol. The highest BCUT2D eigenvalue weighted by molar-refractivity contribution is 5.48. The molecule has 1 unspecified atom stereocenters. The number of anilines is 1. The quantitative estimate of drug-likeness (QED) is 0.802. The zero-order chi connectivity index (χ0) is 10.7. The SMILES string of the molecule is COc1cc(N2CCC(CO)C2)ccn1. The Labute approximate surface area is 89.5 Å². The monoisotopic (exact) mass is 208 g/mol. The van der Waals surface area contributed by atoms with Gasteiger partial charge in [-0.25, -0.2) is 4.98 Å². The summed E-state index contributed by atoms with van der Waals surface area (Å²) in [7, 11) is 1.62. The van der Waals surface area contributed by atoms with Crippen molar-refractivity contribution < 1.29 is 9.84 Å². The zero-order valence-corrected chi connectivity index (χ0v) is 8.89. The Kier molecular flexibility index (Phi) is 3.06. The molecule has 1 aromatic rings. The van der Waals surface area contributed by atoms with Gasteiger partial charge in [-0.3, -0.25) is 0 Å². The van der Waals surface area contributed by atoms with Crippen molar-refractivity contribution in [1.29, 1.82) is 0 Å². The lowest BCUT2D eigenvalue weighted by Gasteiger charge is -2.18. The molecule has 2 rings (SSSR count). The lowest BCUT2D eigenvalue weighted by Crippen LogP contribution is -2.20. The minimum absolute atomic E-state index is 0.277. The van der Waals surface area contributed by atoms with Gasteiger partial charge in [0.2, 0.25) is 5.88 Å². The molecule has 4 nitrogen and oxygen atoms in total. The van der Waals surface area contributed by atoms with Crippen LogP contribution in [0.1, 0.15) is 6.42 Å². The summed E-state index contributed by atoms with van der Waals surface area (Å²) in [5, 5.41) is 9.07. The summed E-state index contributed by atoms with van der Waals surface area (Å²) in [4.78, 5) is 6.33. The van der Waals surface area contributed by atoms with E-state index in [1.807, 2.05) is 12.1 Å². The van der Waals surface area contributed by atoms with Crippen molar-refractivity contribution in [3.8, 4) is 5.88 Å². The molecule has 1 aliphatic heterocycles. The highest BCUT2D eigenvalue weighted by Gasteiger charge is 2.22. The van der Waals surface area contributed by atoms with E-state index in [4.69, 9.17) is 9.84 Å². The van der Waals surface area contributed by atoms with Crippen LogP contribution >= 0.6 is 0 Å². The van der Waals surface area contributed by atoms with Gasteiger partial charge in [-0.05, 0) is 12.5 Å². The Hall–Kier alpha value is -1.29. The number of nitrogens with zero attached hydrogens (tertiary/aromatic N) is 2. The number of pyridine rings is 1. The van der Waals surface area contributed by atoms with E-state index in [2.05, 4.69) is 9.88 Å². The van der Waals surface area contributed by atoms with Crippen molar-refractivity contribution in [3.05, 3.63) is 18.3 Å². The Morgan fingerprint density at radius 3 is 3.20 bits per heavy atom. The van der Waals surface area contributed by atoms with Crippen LogP contribution in [0.25, 0.3) is 0 Å². The molecule has 1 aliphatic rings. The summed E-state index contributed by atoms with van der Waals surface area (Å²) in [6, 6.07) is 3.90. The summed E-state index contributed by atoms with van der Waals surface area (Å²) in [6.07, 6.45) is 2.81. The van der Waals surface area contributed by atoms with E-state index in [-0.39, 0.29) is 6.61 Å².